The van der Waals surface area contributed by atoms with Crippen molar-refractivity contribution in [1.82, 2.24) is 14.4 Å². The molecule has 0 radical (unpaired) electrons. The van der Waals surface area contributed by atoms with Gasteiger partial charge in [-0.15, -0.1) is 0 Å². The number of aryl methyl sites for hydroxylation is 1. The maximum Gasteiger partial charge on any atom is 0.346 e. The topological polar surface area (TPSA) is 65.7 Å². The molecule has 0 unspecified atom stereocenters. The number of nitrogens with zero attached hydrogens (tertiary/aromatic N) is 3. The minimum Gasteiger partial charge on any atom is -0.298 e. The number of hydrogen-bond acceptors (Lipinski definition) is 5. The van der Waals surface area contributed by atoms with Gasteiger partial charge in [-0.25, -0.2) is 14.8 Å². The Morgan fingerprint density at radius 2 is 2.14 bits per heavy atom. The molecule has 114 valence electrons. The van der Waals surface area contributed by atoms with Crippen LogP contribution in [0.15, 0.2) is 30.5 Å². The number of fused-ring (bicyclic) bond motifs is 3. The van der Waals surface area contributed by atoms with Gasteiger partial charge in [0, 0.05) is 11.9 Å². The molecule has 0 aliphatic carbocycles. The zero-order valence-electron chi connectivity index (χ0n) is 12.7. The number of aromatic nitrogens is 3. The van der Waals surface area contributed by atoms with Crippen LogP contribution in [0.1, 0.15) is 25.1 Å². The zero-order chi connectivity index (χ0) is 15.7. The van der Waals surface area contributed by atoms with Crippen LogP contribution in [0.2, 0.25) is 0 Å². The van der Waals surface area contributed by atoms with Crippen LogP contribution < -0.4 is 0 Å². The highest BCUT2D eigenvalue weighted by Gasteiger charge is 2.15. The first-order valence-electron chi connectivity index (χ1n) is 7.14. The molecular formula is C16H17N3O3. The largest absolute Gasteiger partial charge is 0.346 e. The molecule has 3 rings (SSSR count). The SMILES string of the molecule is Cc1ccnc2nc3cccc(CC(=O)OOC(C)C)c3n12. The lowest BCUT2D eigenvalue weighted by Gasteiger charge is -2.08. The van der Waals surface area contributed by atoms with Gasteiger partial charge in [0.05, 0.1) is 23.6 Å². The fourth-order valence-electron chi connectivity index (χ4n) is 2.37. The van der Waals surface area contributed by atoms with E-state index in [1.807, 2.05) is 35.6 Å². The quantitative estimate of drug-likeness (QED) is 0.547. The second-order valence-corrected chi connectivity index (χ2v) is 5.40. The van der Waals surface area contributed by atoms with E-state index in [-0.39, 0.29) is 12.5 Å². The van der Waals surface area contributed by atoms with Crippen molar-refractivity contribution in [3.8, 4) is 0 Å². The molecule has 0 bridgehead atoms. The van der Waals surface area contributed by atoms with E-state index < -0.39 is 5.97 Å². The van der Waals surface area contributed by atoms with Crippen molar-refractivity contribution in [1.29, 1.82) is 0 Å². The number of benzene rings is 1. The monoisotopic (exact) mass is 299 g/mol. The molecule has 0 spiro atoms. The smallest absolute Gasteiger partial charge is 0.298 e. The van der Waals surface area contributed by atoms with Crippen LogP contribution in [0.25, 0.3) is 16.8 Å². The molecule has 0 aliphatic heterocycles. The Hall–Kier alpha value is -2.47. The summed E-state index contributed by atoms with van der Waals surface area (Å²) in [7, 11) is 0. The van der Waals surface area contributed by atoms with E-state index >= 15 is 0 Å². The number of para-hydroxylation sites is 1. The number of carbonyl (C=O) groups is 1. The third-order valence-corrected chi connectivity index (χ3v) is 3.27. The molecule has 2 heterocycles. The molecule has 0 aliphatic rings. The average molecular weight is 299 g/mol. The van der Waals surface area contributed by atoms with Crippen molar-refractivity contribution in [3.63, 3.8) is 0 Å². The summed E-state index contributed by atoms with van der Waals surface area (Å²) >= 11 is 0. The number of rotatable bonds is 4. The minimum absolute atomic E-state index is 0.117. The van der Waals surface area contributed by atoms with Crippen molar-refractivity contribution in [2.75, 3.05) is 0 Å². The van der Waals surface area contributed by atoms with Crippen LogP contribution in [0.4, 0.5) is 0 Å². The number of carbonyl (C=O) groups excluding carboxylic acids is 1. The van der Waals surface area contributed by atoms with E-state index in [9.17, 15) is 4.79 Å². The predicted octanol–water partition coefficient (Wildman–Crippen LogP) is 2.62. The fraction of sp³-hybridized carbons (Fsp3) is 0.312. The van der Waals surface area contributed by atoms with Gasteiger partial charge in [0.25, 0.3) is 0 Å². The van der Waals surface area contributed by atoms with E-state index in [0.29, 0.717) is 5.78 Å². The van der Waals surface area contributed by atoms with Crippen molar-refractivity contribution in [3.05, 3.63) is 41.7 Å². The Morgan fingerprint density at radius 3 is 2.91 bits per heavy atom. The van der Waals surface area contributed by atoms with Gasteiger partial charge >= 0.3 is 5.97 Å². The van der Waals surface area contributed by atoms with Crippen molar-refractivity contribution >= 4 is 22.8 Å². The molecule has 0 amide bonds. The fourth-order valence-corrected chi connectivity index (χ4v) is 2.37. The summed E-state index contributed by atoms with van der Waals surface area (Å²) in [6.07, 6.45) is 1.68. The van der Waals surface area contributed by atoms with Crippen LogP contribution in [-0.2, 0) is 21.0 Å². The molecule has 6 nitrogen and oxygen atoms in total. The Morgan fingerprint density at radius 1 is 1.32 bits per heavy atom. The summed E-state index contributed by atoms with van der Waals surface area (Å²) in [5.74, 6) is 0.187. The highest BCUT2D eigenvalue weighted by atomic mass is 17.2. The standard InChI is InChI=1S/C16H17N3O3/c1-10(2)21-22-14(20)9-12-5-4-6-13-15(12)19-11(3)7-8-17-16(19)18-13/h4-8,10H,9H2,1-3H3. The maximum atomic E-state index is 11.9. The van der Waals surface area contributed by atoms with Crippen molar-refractivity contribution in [2.45, 2.75) is 33.3 Å². The first-order chi connectivity index (χ1) is 10.6. The van der Waals surface area contributed by atoms with Crippen LogP contribution in [0, 0.1) is 6.92 Å². The Balaban J connectivity index is 2.03. The van der Waals surface area contributed by atoms with Gasteiger partial charge in [-0.05, 0) is 38.5 Å². The lowest BCUT2D eigenvalue weighted by atomic mass is 10.1. The van der Waals surface area contributed by atoms with Crippen molar-refractivity contribution in [2.24, 2.45) is 0 Å². The molecule has 0 N–H and O–H groups in total. The minimum atomic E-state index is -0.433. The Kier molecular flexibility index (Phi) is 3.77. The molecule has 0 fully saturated rings. The van der Waals surface area contributed by atoms with Crippen LogP contribution in [-0.4, -0.2) is 26.4 Å². The van der Waals surface area contributed by atoms with E-state index in [4.69, 9.17) is 9.78 Å². The molecule has 3 aromatic rings. The molecule has 22 heavy (non-hydrogen) atoms. The third kappa shape index (κ3) is 2.65. The molecule has 0 atom stereocenters. The van der Waals surface area contributed by atoms with Crippen LogP contribution >= 0.6 is 0 Å². The van der Waals surface area contributed by atoms with E-state index in [1.165, 1.54) is 0 Å². The van der Waals surface area contributed by atoms with Gasteiger partial charge in [-0.3, -0.25) is 9.29 Å². The van der Waals surface area contributed by atoms with Crippen molar-refractivity contribution < 1.29 is 14.6 Å². The Labute approximate surface area is 127 Å². The lowest BCUT2D eigenvalue weighted by Crippen LogP contribution is -2.13. The second kappa shape index (κ2) is 5.73. The van der Waals surface area contributed by atoms with E-state index in [0.717, 1.165) is 22.3 Å². The van der Waals surface area contributed by atoms with Gasteiger partial charge in [0.1, 0.15) is 0 Å². The van der Waals surface area contributed by atoms with Crippen LogP contribution in [0.3, 0.4) is 0 Å². The summed E-state index contributed by atoms with van der Waals surface area (Å²) in [5.41, 5.74) is 3.52. The summed E-state index contributed by atoms with van der Waals surface area (Å²) in [4.78, 5) is 30.4. The van der Waals surface area contributed by atoms with Crippen LogP contribution in [0.5, 0.6) is 0 Å². The first-order valence-corrected chi connectivity index (χ1v) is 7.14. The van der Waals surface area contributed by atoms with Gasteiger partial charge in [0.2, 0.25) is 5.78 Å². The molecule has 0 saturated heterocycles. The highest BCUT2D eigenvalue weighted by Crippen LogP contribution is 2.22. The normalized spacial score (nSPS) is 11.5. The predicted molar refractivity (Wildman–Crippen MR) is 81.2 cm³/mol. The lowest BCUT2D eigenvalue weighted by molar-refractivity contribution is -0.290. The summed E-state index contributed by atoms with van der Waals surface area (Å²) < 4.78 is 1.95. The molecule has 2 aromatic heterocycles. The molecule has 1 aromatic carbocycles. The maximum absolute atomic E-state index is 11.9. The summed E-state index contributed by atoms with van der Waals surface area (Å²) in [6.45, 7) is 5.58. The third-order valence-electron chi connectivity index (χ3n) is 3.27. The van der Waals surface area contributed by atoms with E-state index in [2.05, 4.69) is 9.97 Å². The number of hydrogen-bond donors (Lipinski definition) is 0. The Bertz CT molecular complexity index is 839. The molecule has 0 saturated carbocycles. The summed E-state index contributed by atoms with van der Waals surface area (Å²) in [6, 6.07) is 7.57. The highest BCUT2D eigenvalue weighted by molar-refractivity contribution is 5.86. The molecular weight excluding hydrogens is 282 g/mol. The summed E-state index contributed by atoms with van der Waals surface area (Å²) in [5, 5.41) is 0. The first kappa shape index (κ1) is 14.5. The zero-order valence-corrected chi connectivity index (χ0v) is 12.7. The van der Waals surface area contributed by atoms with Gasteiger partial charge < -0.3 is 0 Å². The van der Waals surface area contributed by atoms with E-state index in [1.54, 1.807) is 20.0 Å². The van der Waals surface area contributed by atoms with Gasteiger partial charge in [-0.2, -0.15) is 4.89 Å². The van der Waals surface area contributed by atoms with Gasteiger partial charge in [-0.1, -0.05) is 12.1 Å². The second-order valence-electron chi connectivity index (χ2n) is 5.40. The average Bonchev–Trinajstić information content (AvgIpc) is 2.86. The van der Waals surface area contributed by atoms with Gasteiger partial charge in [0.15, 0.2) is 0 Å². The molecule has 6 heteroatoms. The number of imidazole rings is 1.